The normalized spacial score (nSPS) is 14.0. The Bertz CT molecular complexity index is 825. The average molecular weight is 367 g/mol. The summed E-state index contributed by atoms with van der Waals surface area (Å²) in [6.07, 6.45) is 0. The number of rotatable bonds is 4. The second-order valence-corrected chi connectivity index (χ2v) is 6.65. The van der Waals surface area contributed by atoms with E-state index in [-0.39, 0.29) is 11.8 Å². The first kappa shape index (κ1) is 18.8. The standard InChI is InChI=1S/C21H25N3O3/c1-15-5-4-6-19(20(15)27-3)21(26)22-17-7-9-18(10-8-17)24-13-11-23(12-14-24)16(2)25/h4-10H,11-14H2,1-3H3,(H,22,26). The predicted molar refractivity (Wildman–Crippen MR) is 107 cm³/mol. The number of anilines is 2. The summed E-state index contributed by atoms with van der Waals surface area (Å²) in [5.41, 5.74) is 3.26. The Morgan fingerprint density at radius 3 is 2.26 bits per heavy atom. The van der Waals surface area contributed by atoms with Crippen molar-refractivity contribution in [3.05, 3.63) is 53.6 Å². The van der Waals surface area contributed by atoms with E-state index in [1.54, 1.807) is 20.1 Å². The summed E-state index contributed by atoms with van der Waals surface area (Å²) in [6.45, 7) is 6.62. The van der Waals surface area contributed by atoms with Crippen molar-refractivity contribution in [3.8, 4) is 5.75 Å². The van der Waals surface area contributed by atoms with Gasteiger partial charge in [0.2, 0.25) is 5.91 Å². The van der Waals surface area contributed by atoms with Gasteiger partial charge < -0.3 is 19.9 Å². The lowest BCUT2D eigenvalue weighted by atomic mass is 10.1. The Morgan fingerprint density at radius 1 is 1.00 bits per heavy atom. The molecular weight excluding hydrogens is 342 g/mol. The van der Waals surface area contributed by atoms with E-state index in [1.165, 1.54) is 0 Å². The summed E-state index contributed by atoms with van der Waals surface area (Å²) in [5.74, 6) is 0.521. The number of nitrogens with one attached hydrogen (secondary N) is 1. The topological polar surface area (TPSA) is 61.9 Å². The first-order valence-electron chi connectivity index (χ1n) is 9.05. The molecule has 0 spiro atoms. The highest BCUT2D eigenvalue weighted by atomic mass is 16.5. The van der Waals surface area contributed by atoms with E-state index in [9.17, 15) is 9.59 Å². The Morgan fingerprint density at radius 2 is 1.67 bits per heavy atom. The minimum Gasteiger partial charge on any atom is -0.496 e. The molecule has 6 heteroatoms. The van der Waals surface area contributed by atoms with Crippen LogP contribution in [0.5, 0.6) is 5.75 Å². The van der Waals surface area contributed by atoms with Gasteiger partial charge in [-0.05, 0) is 42.8 Å². The first-order valence-corrected chi connectivity index (χ1v) is 9.05. The zero-order valence-corrected chi connectivity index (χ0v) is 16.0. The maximum atomic E-state index is 12.6. The number of benzene rings is 2. The van der Waals surface area contributed by atoms with Crippen molar-refractivity contribution >= 4 is 23.2 Å². The van der Waals surface area contributed by atoms with Crippen LogP contribution in [-0.4, -0.2) is 50.0 Å². The van der Waals surface area contributed by atoms with Crippen LogP contribution >= 0.6 is 0 Å². The summed E-state index contributed by atoms with van der Waals surface area (Å²) in [4.78, 5) is 28.1. The zero-order chi connectivity index (χ0) is 19.4. The second kappa shape index (κ2) is 8.12. The van der Waals surface area contributed by atoms with Gasteiger partial charge in [0, 0.05) is 44.5 Å². The first-order chi connectivity index (χ1) is 13.0. The molecular formula is C21H25N3O3. The molecule has 1 aliphatic rings. The van der Waals surface area contributed by atoms with Crippen LogP contribution < -0.4 is 15.0 Å². The molecule has 2 amide bonds. The number of amides is 2. The third kappa shape index (κ3) is 4.22. The Kier molecular flexibility index (Phi) is 5.64. The van der Waals surface area contributed by atoms with Gasteiger partial charge in [-0.25, -0.2) is 0 Å². The zero-order valence-electron chi connectivity index (χ0n) is 16.0. The van der Waals surface area contributed by atoms with Gasteiger partial charge in [-0.3, -0.25) is 9.59 Å². The molecule has 0 aliphatic carbocycles. The number of ether oxygens (including phenoxy) is 1. The van der Waals surface area contributed by atoms with Crippen molar-refractivity contribution in [1.29, 1.82) is 0 Å². The van der Waals surface area contributed by atoms with Crippen LogP contribution in [0.3, 0.4) is 0 Å². The van der Waals surface area contributed by atoms with E-state index in [4.69, 9.17) is 4.74 Å². The van der Waals surface area contributed by atoms with Crippen molar-refractivity contribution in [3.63, 3.8) is 0 Å². The van der Waals surface area contributed by atoms with Crippen LogP contribution in [0, 0.1) is 6.92 Å². The quantitative estimate of drug-likeness (QED) is 0.903. The van der Waals surface area contributed by atoms with Crippen LogP contribution in [0.2, 0.25) is 0 Å². The minimum atomic E-state index is -0.196. The van der Waals surface area contributed by atoms with Crippen LogP contribution in [0.1, 0.15) is 22.8 Å². The third-order valence-electron chi connectivity index (χ3n) is 4.88. The fourth-order valence-corrected chi connectivity index (χ4v) is 3.34. The van der Waals surface area contributed by atoms with Gasteiger partial charge in [0.05, 0.1) is 12.7 Å². The maximum Gasteiger partial charge on any atom is 0.259 e. The smallest absolute Gasteiger partial charge is 0.259 e. The molecule has 0 radical (unpaired) electrons. The number of hydrogen-bond donors (Lipinski definition) is 1. The summed E-state index contributed by atoms with van der Waals surface area (Å²) in [6, 6.07) is 13.3. The predicted octanol–water partition coefficient (Wildman–Crippen LogP) is 2.92. The lowest BCUT2D eigenvalue weighted by Gasteiger charge is -2.35. The molecule has 1 fully saturated rings. The number of para-hydroxylation sites is 1. The number of carbonyl (C=O) groups is 2. The van der Waals surface area contributed by atoms with Gasteiger partial charge in [0.25, 0.3) is 5.91 Å². The van der Waals surface area contributed by atoms with Crippen molar-refractivity contribution in [2.75, 3.05) is 43.5 Å². The van der Waals surface area contributed by atoms with E-state index in [2.05, 4.69) is 10.2 Å². The molecule has 142 valence electrons. The van der Waals surface area contributed by atoms with E-state index < -0.39 is 0 Å². The fourth-order valence-electron chi connectivity index (χ4n) is 3.34. The SMILES string of the molecule is COc1c(C)cccc1C(=O)Nc1ccc(N2CCN(C(C)=O)CC2)cc1. The van der Waals surface area contributed by atoms with Crippen LogP contribution in [0.25, 0.3) is 0 Å². The molecule has 1 N–H and O–H groups in total. The molecule has 0 unspecified atom stereocenters. The van der Waals surface area contributed by atoms with Gasteiger partial charge in [-0.15, -0.1) is 0 Å². The lowest BCUT2D eigenvalue weighted by molar-refractivity contribution is -0.129. The van der Waals surface area contributed by atoms with Crippen LogP contribution in [0.15, 0.2) is 42.5 Å². The molecule has 2 aromatic carbocycles. The van der Waals surface area contributed by atoms with E-state index >= 15 is 0 Å². The molecule has 0 aromatic heterocycles. The van der Waals surface area contributed by atoms with E-state index in [0.717, 1.165) is 43.1 Å². The van der Waals surface area contributed by atoms with E-state index in [0.29, 0.717) is 11.3 Å². The second-order valence-electron chi connectivity index (χ2n) is 6.65. The molecule has 1 heterocycles. The number of aryl methyl sites for hydroxylation is 1. The molecule has 0 bridgehead atoms. The third-order valence-corrected chi connectivity index (χ3v) is 4.88. The van der Waals surface area contributed by atoms with Crippen LogP contribution in [-0.2, 0) is 4.79 Å². The molecule has 3 rings (SSSR count). The monoisotopic (exact) mass is 367 g/mol. The number of piperazine rings is 1. The highest BCUT2D eigenvalue weighted by molar-refractivity contribution is 6.06. The van der Waals surface area contributed by atoms with Crippen molar-refractivity contribution < 1.29 is 14.3 Å². The van der Waals surface area contributed by atoms with Crippen molar-refractivity contribution in [2.45, 2.75) is 13.8 Å². The lowest BCUT2D eigenvalue weighted by Crippen LogP contribution is -2.48. The largest absolute Gasteiger partial charge is 0.496 e. The maximum absolute atomic E-state index is 12.6. The van der Waals surface area contributed by atoms with Crippen molar-refractivity contribution in [1.82, 2.24) is 4.90 Å². The minimum absolute atomic E-state index is 0.124. The number of carbonyl (C=O) groups excluding carboxylic acids is 2. The van der Waals surface area contributed by atoms with Crippen molar-refractivity contribution in [2.24, 2.45) is 0 Å². The molecule has 0 atom stereocenters. The number of methoxy groups -OCH3 is 1. The van der Waals surface area contributed by atoms with Gasteiger partial charge in [-0.2, -0.15) is 0 Å². The number of nitrogens with zero attached hydrogens (tertiary/aromatic N) is 2. The summed E-state index contributed by atoms with van der Waals surface area (Å²) in [5, 5.41) is 2.92. The summed E-state index contributed by atoms with van der Waals surface area (Å²) < 4.78 is 5.36. The van der Waals surface area contributed by atoms with Gasteiger partial charge in [0.1, 0.15) is 5.75 Å². The highest BCUT2D eigenvalue weighted by Crippen LogP contribution is 2.25. The highest BCUT2D eigenvalue weighted by Gasteiger charge is 2.19. The Labute approximate surface area is 159 Å². The molecule has 2 aromatic rings. The number of hydrogen-bond acceptors (Lipinski definition) is 4. The molecule has 1 aliphatic heterocycles. The van der Waals surface area contributed by atoms with Gasteiger partial charge >= 0.3 is 0 Å². The Hall–Kier alpha value is -3.02. The van der Waals surface area contributed by atoms with Gasteiger partial charge in [0.15, 0.2) is 0 Å². The fraction of sp³-hybridized carbons (Fsp3) is 0.333. The van der Waals surface area contributed by atoms with Gasteiger partial charge in [-0.1, -0.05) is 12.1 Å². The molecule has 0 saturated carbocycles. The summed E-state index contributed by atoms with van der Waals surface area (Å²) >= 11 is 0. The Balaban J connectivity index is 1.65. The summed E-state index contributed by atoms with van der Waals surface area (Å²) in [7, 11) is 1.57. The average Bonchev–Trinajstić information content (AvgIpc) is 2.68. The molecule has 27 heavy (non-hydrogen) atoms. The molecule has 6 nitrogen and oxygen atoms in total. The van der Waals surface area contributed by atoms with Crippen LogP contribution in [0.4, 0.5) is 11.4 Å². The molecule has 1 saturated heterocycles. The van der Waals surface area contributed by atoms with E-state index in [1.807, 2.05) is 48.2 Å².